The summed E-state index contributed by atoms with van der Waals surface area (Å²) in [4.78, 5) is 44.3. The third-order valence-electron chi connectivity index (χ3n) is 7.19. The van der Waals surface area contributed by atoms with Crippen molar-refractivity contribution >= 4 is 40.1 Å². The largest absolute Gasteiger partial charge is 0.497 e. The van der Waals surface area contributed by atoms with Crippen LogP contribution in [0.4, 0.5) is 0 Å². The summed E-state index contributed by atoms with van der Waals surface area (Å²) in [5.74, 6) is 0.450. The average Bonchev–Trinajstić information content (AvgIpc) is 3.56. The van der Waals surface area contributed by atoms with Crippen molar-refractivity contribution in [3.05, 3.63) is 71.0 Å². The van der Waals surface area contributed by atoms with Crippen molar-refractivity contribution in [2.75, 3.05) is 7.11 Å². The van der Waals surface area contributed by atoms with Crippen LogP contribution in [0.3, 0.4) is 0 Å². The number of carbonyl (C=O) groups excluding carboxylic acids is 2. The first kappa shape index (κ1) is 28.6. The molecule has 9 nitrogen and oxygen atoms in total. The molecule has 1 radical (unpaired) electrons. The predicted octanol–water partition coefficient (Wildman–Crippen LogP) is 4.48. The van der Waals surface area contributed by atoms with E-state index in [1.165, 1.54) is 6.07 Å². The summed E-state index contributed by atoms with van der Waals surface area (Å²) >= 11 is 0. The number of aromatic carboxylic acids is 1. The first-order valence-electron chi connectivity index (χ1n) is 13.6. The number of carboxylic acid groups (broad SMARTS) is 1. The highest BCUT2D eigenvalue weighted by Gasteiger charge is 2.31. The predicted molar refractivity (Wildman–Crippen MR) is 155 cm³/mol. The number of carboxylic acids is 1. The normalized spacial score (nSPS) is 13.4. The van der Waals surface area contributed by atoms with Gasteiger partial charge in [0.25, 0.3) is 0 Å². The van der Waals surface area contributed by atoms with Crippen LogP contribution in [0.1, 0.15) is 72.6 Å². The molecule has 209 valence electrons. The van der Waals surface area contributed by atoms with Crippen molar-refractivity contribution in [2.45, 2.75) is 64.8 Å². The minimum absolute atomic E-state index is 0.135. The second kappa shape index (κ2) is 13.1. The van der Waals surface area contributed by atoms with Gasteiger partial charge in [-0.1, -0.05) is 31.9 Å². The van der Waals surface area contributed by atoms with Gasteiger partial charge in [0.05, 0.1) is 19.1 Å². The number of hydrogen-bond acceptors (Lipinski definition) is 6. The summed E-state index contributed by atoms with van der Waals surface area (Å²) in [5.41, 5.74) is 4.34. The number of nitrogens with zero attached hydrogens (tertiary/aromatic N) is 1. The number of ether oxygens (including phenoxy) is 1. The number of benzene rings is 2. The van der Waals surface area contributed by atoms with Gasteiger partial charge in [0.1, 0.15) is 17.6 Å². The maximum atomic E-state index is 13.4. The molecule has 1 amide bonds. The molecule has 4 rings (SSSR count). The van der Waals surface area contributed by atoms with Gasteiger partial charge in [-0.15, -0.1) is 0 Å². The summed E-state index contributed by atoms with van der Waals surface area (Å²) in [6.45, 7) is 3.83. The molecule has 4 N–H and O–H groups in total. The topological polar surface area (TPSA) is 135 Å². The van der Waals surface area contributed by atoms with Crippen molar-refractivity contribution in [1.29, 1.82) is 0 Å². The molecule has 3 aromatic rings. The molecule has 0 spiro atoms. The Hall–Kier alpha value is -4.40. The fourth-order valence-electron chi connectivity index (χ4n) is 4.90. The maximum Gasteiger partial charge on any atom is 0.335 e. The fraction of sp³-hybridized carbons (Fsp3) is 0.355. The van der Waals surface area contributed by atoms with Crippen LogP contribution in [0.25, 0.3) is 16.6 Å². The number of unbranched alkanes of at least 4 members (excludes halogenated alkanes) is 2. The molecule has 2 aromatic carbocycles. The molecule has 0 fully saturated rings. The quantitative estimate of drug-likeness (QED) is 0.221. The average molecular weight is 545 g/mol. The summed E-state index contributed by atoms with van der Waals surface area (Å²) < 4.78 is 5.38. The van der Waals surface area contributed by atoms with E-state index in [1.54, 1.807) is 25.4 Å². The van der Waals surface area contributed by atoms with Crippen molar-refractivity contribution in [2.24, 2.45) is 0 Å². The first-order valence-corrected chi connectivity index (χ1v) is 13.6. The standard InChI is InChI=1S/C31H36N4O5/c1-4-22(36)11-6-5-7-12-27(30-32-18-28(35-30)20-9-8-10-21(15-20)31(38)39)34-29(37)17-24-19(2)33-26-14-13-23(40-3)16-25(24)26/h8-10,13-16,18,27,33,35H,4-7,11-12,17H2,1-3H3,(H,34,37)(H,38,39)/q+1/t27-/m0/s1. The highest BCUT2D eigenvalue weighted by molar-refractivity contribution is 6.00. The zero-order chi connectivity index (χ0) is 28.6. The summed E-state index contributed by atoms with van der Waals surface area (Å²) in [5, 5.41) is 16.8. The molecule has 2 heterocycles. The number of Topliss-reactive ketones (excluding diaryl/α,β-unsaturated/α-hetero) is 1. The third-order valence-corrected chi connectivity index (χ3v) is 7.19. The molecule has 0 saturated heterocycles. The van der Waals surface area contributed by atoms with Gasteiger partial charge < -0.3 is 20.1 Å². The number of ketones is 1. The van der Waals surface area contributed by atoms with E-state index in [2.05, 4.69) is 20.6 Å². The summed E-state index contributed by atoms with van der Waals surface area (Å²) in [6, 6.07) is 12.0. The number of aryl methyl sites for hydroxylation is 1. The lowest BCUT2D eigenvalue weighted by atomic mass is 10.0. The number of nitrogens with one attached hydrogen (secondary N) is 3. The number of carbonyl (C=O) groups is 3. The van der Waals surface area contributed by atoms with Crippen LogP contribution in [-0.4, -0.2) is 46.7 Å². The van der Waals surface area contributed by atoms with Gasteiger partial charge in [0, 0.05) is 35.0 Å². The van der Waals surface area contributed by atoms with E-state index in [9.17, 15) is 19.5 Å². The maximum absolute atomic E-state index is 13.4. The minimum Gasteiger partial charge on any atom is -0.497 e. The number of amidine groups is 1. The second-order valence-corrected chi connectivity index (χ2v) is 10.00. The van der Waals surface area contributed by atoms with Crippen molar-refractivity contribution < 1.29 is 24.2 Å². The first-order chi connectivity index (χ1) is 19.3. The van der Waals surface area contributed by atoms with Gasteiger partial charge in [0.2, 0.25) is 5.91 Å². The zero-order valence-electron chi connectivity index (χ0n) is 23.2. The zero-order valence-corrected chi connectivity index (χ0v) is 23.2. The highest BCUT2D eigenvalue weighted by atomic mass is 16.5. The molecule has 0 saturated carbocycles. The van der Waals surface area contributed by atoms with E-state index in [0.29, 0.717) is 36.4 Å². The van der Waals surface area contributed by atoms with Crippen LogP contribution in [-0.2, 0) is 16.0 Å². The third kappa shape index (κ3) is 6.97. The molecule has 1 aromatic heterocycles. The van der Waals surface area contributed by atoms with Gasteiger partial charge in [-0.3, -0.25) is 9.59 Å². The van der Waals surface area contributed by atoms with Crippen LogP contribution in [0.5, 0.6) is 5.75 Å². The molecule has 0 unspecified atom stereocenters. The highest BCUT2D eigenvalue weighted by Crippen LogP contribution is 2.27. The smallest absolute Gasteiger partial charge is 0.335 e. The van der Waals surface area contributed by atoms with Gasteiger partial charge in [-0.2, -0.15) is 0 Å². The lowest BCUT2D eigenvalue weighted by molar-refractivity contribution is -0.121. The Morgan fingerprint density at radius 1 is 1.10 bits per heavy atom. The Balaban J connectivity index is 1.46. The number of aliphatic imine (C=N–C) groups is 1. The Bertz CT molecular complexity index is 1470. The molecular weight excluding hydrogens is 508 g/mol. The number of H-pyrrole nitrogens is 1. The number of methoxy groups -OCH3 is 1. The Kier molecular flexibility index (Phi) is 9.37. The number of rotatable bonds is 14. The lowest BCUT2D eigenvalue weighted by Gasteiger charge is -2.16. The lowest BCUT2D eigenvalue weighted by Crippen LogP contribution is -2.47. The van der Waals surface area contributed by atoms with E-state index in [-0.39, 0.29) is 29.7 Å². The monoisotopic (exact) mass is 544 g/mol. The minimum atomic E-state index is -1.00. The molecule has 1 aliphatic heterocycles. The second-order valence-electron chi connectivity index (χ2n) is 10.00. The van der Waals surface area contributed by atoms with Crippen LogP contribution < -0.4 is 20.4 Å². The van der Waals surface area contributed by atoms with Crippen LogP contribution >= 0.6 is 0 Å². The van der Waals surface area contributed by atoms with E-state index < -0.39 is 5.97 Å². The van der Waals surface area contributed by atoms with E-state index in [0.717, 1.165) is 47.2 Å². The van der Waals surface area contributed by atoms with Gasteiger partial charge in [0.15, 0.2) is 11.9 Å². The van der Waals surface area contributed by atoms with Gasteiger partial charge >= 0.3 is 11.8 Å². The van der Waals surface area contributed by atoms with Crippen LogP contribution in [0, 0.1) is 6.92 Å². The summed E-state index contributed by atoms with van der Waals surface area (Å²) in [7, 11) is 1.62. The Morgan fingerprint density at radius 2 is 1.93 bits per heavy atom. The SMILES string of the molecule is CCC(=O)CCCCC[C@H](NC(=O)Cc1c(C)[nH]c2ccc(OC)cc12)C1=[N+]C=C(c2cccc(C(=O)O)c2)N1. The fourth-order valence-corrected chi connectivity index (χ4v) is 4.90. The van der Waals surface area contributed by atoms with E-state index >= 15 is 0 Å². The van der Waals surface area contributed by atoms with Crippen LogP contribution in [0.15, 0.2) is 48.7 Å². The van der Waals surface area contributed by atoms with Crippen molar-refractivity contribution in [3.8, 4) is 5.75 Å². The molecule has 1 aliphatic rings. The number of fused-ring (bicyclic) bond motifs is 1. The number of aromatic amines is 1. The number of amides is 1. The summed E-state index contributed by atoms with van der Waals surface area (Å²) in [6.07, 6.45) is 6.12. The van der Waals surface area contributed by atoms with Crippen molar-refractivity contribution in [3.63, 3.8) is 0 Å². The molecule has 0 bridgehead atoms. The van der Waals surface area contributed by atoms with Gasteiger partial charge in [-0.05, 0) is 60.7 Å². The molecule has 9 heteroatoms. The number of aromatic nitrogens is 1. The van der Waals surface area contributed by atoms with Crippen LogP contribution in [0.2, 0.25) is 0 Å². The molecule has 1 atom stereocenters. The van der Waals surface area contributed by atoms with Gasteiger partial charge in [-0.25, -0.2) is 10.1 Å². The Morgan fingerprint density at radius 3 is 2.67 bits per heavy atom. The van der Waals surface area contributed by atoms with Crippen molar-refractivity contribution in [1.82, 2.24) is 20.6 Å². The molecule has 40 heavy (non-hydrogen) atoms. The molecule has 0 aliphatic carbocycles. The molecular formula is C31H36N4O5+. The number of hydrogen-bond donors (Lipinski definition) is 4. The van der Waals surface area contributed by atoms with E-state index in [1.807, 2.05) is 38.1 Å². The van der Waals surface area contributed by atoms with E-state index in [4.69, 9.17) is 4.74 Å². The Labute approximate surface area is 233 Å².